The number of unbranched alkanes of at least 4 members (excludes halogenated alkanes) is 10. The molecule has 0 bridgehead atoms. The summed E-state index contributed by atoms with van der Waals surface area (Å²) >= 11 is 0. The molecule has 21 heavy (non-hydrogen) atoms. The van der Waals surface area contributed by atoms with E-state index in [0.717, 1.165) is 25.7 Å². The van der Waals surface area contributed by atoms with Gasteiger partial charge in [-0.2, -0.15) is 0 Å². The first-order valence-electron chi connectivity index (χ1n) is 9.56. The quantitative estimate of drug-likeness (QED) is 0.364. The minimum absolute atomic E-state index is 0.301. The zero-order chi connectivity index (χ0) is 15.8. The lowest BCUT2D eigenvalue weighted by Gasteiger charge is -2.14. The van der Waals surface area contributed by atoms with Gasteiger partial charge in [-0.15, -0.1) is 0 Å². The van der Waals surface area contributed by atoms with Crippen LogP contribution in [0.4, 0.5) is 0 Å². The zero-order valence-corrected chi connectivity index (χ0v) is 14.7. The van der Waals surface area contributed by atoms with Crippen molar-refractivity contribution in [2.75, 3.05) is 0 Å². The highest BCUT2D eigenvalue weighted by atomic mass is 16.3. The van der Waals surface area contributed by atoms with Crippen LogP contribution in [0.2, 0.25) is 0 Å². The van der Waals surface area contributed by atoms with Gasteiger partial charge in [-0.05, 0) is 19.3 Å². The number of hydrogen-bond donors (Lipinski definition) is 2. The second kappa shape index (κ2) is 16.3. The smallest absolute Gasteiger partial charge is 0.0564 e. The van der Waals surface area contributed by atoms with Gasteiger partial charge in [0, 0.05) is 0 Å². The van der Waals surface area contributed by atoms with E-state index >= 15 is 0 Å². The molecule has 0 spiro atoms. The second-order valence-corrected chi connectivity index (χ2v) is 6.66. The molecule has 0 saturated heterocycles. The van der Waals surface area contributed by atoms with Crippen LogP contribution in [0.15, 0.2) is 0 Å². The first-order chi connectivity index (χ1) is 10.2. The van der Waals surface area contributed by atoms with Crippen molar-refractivity contribution in [2.24, 2.45) is 0 Å². The van der Waals surface area contributed by atoms with Crippen LogP contribution in [-0.2, 0) is 0 Å². The van der Waals surface area contributed by atoms with E-state index in [1.807, 2.05) is 0 Å². The lowest BCUT2D eigenvalue weighted by Crippen LogP contribution is -2.17. The van der Waals surface area contributed by atoms with Crippen LogP contribution in [0.3, 0.4) is 0 Å². The predicted octanol–water partition coefficient (Wildman–Crippen LogP) is 5.60. The summed E-state index contributed by atoms with van der Waals surface area (Å²) in [6.45, 7) is 4.33. The molecule has 0 aromatic carbocycles. The largest absolute Gasteiger partial charge is 0.393 e. The number of rotatable bonds is 16. The van der Waals surface area contributed by atoms with Crippen LogP contribution >= 0.6 is 0 Å². The Balaban J connectivity index is 3.17. The minimum Gasteiger partial charge on any atom is -0.393 e. The minimum atomic E-state index is -0.308. The highest BCUT2D eigenvalue weighted by Crippen LogP contribution is 2.14. The Morgan fingerprint density at radius 1 is 0.524 bits per heavy atom. The van der Waals surface area contributed by atoms with Crippen LogP contribution in [0, 0.1) is 0 Å². The average molecular weight is 301 g/mol. The molecule has 0 fully saturated rings. The topological polar surface area (TPSA) is 40.5 Å². The molecule has 0 aliphatic carbocycles. The summed E-state index contributed by atoms with van der Waals surface area (Å²) in [5.41, 5.74) is 0. The lowest BCUT2D eigenvalue weighted by atomic mass is 10.0. The fourth-order valence-electron chi connectivity index (χ4n) is 2.93. The maximum Gasteiger partial charge on any atom is 0.0564 e. The summed E-state index contributed by atoms with van der Waals surface area (Å²) in [4.78, 5) is 0. The molecule has 0 amide bonds. The van der Waals surface area contributed by atoms with E-state index in [4.69, 9.17) is 0 Å². The first-order valence-corrected chi connectivity index (χ1v) is 9.56. The fraction of sp³-hybridized carbons (Fsp3) is 1.00. The Kier molecular flexibility index (Phi) is 16.2. The molecule has 0 unspecified atom stereocenters. The summed E-state index contributed by atoms with van der Waals surface area (Å²) in [6, 6.07) is 0. The molecular formula is C19H40O2. The monoisotopic (exact) mass is 300 g/mol. The Bertz CT molecular complexity index is 194. The van der Waals surface area contributed by atoms with Gasteiger partial charge < -0.3 is 10.2 Å². The lowest BCUT2D eigenvalue weighted by molar-refractivity contribution is 0.0692. The fourth-order valence-corrected chi connectivity index (χ4v) is 2.93. The van der Waals surface area contributed by atoms with Crippen LogP contribution in [-0.4, -0.2) is 22.4 Å². The second-order valence-electron chi connectivity index (χ2n) is 6.66. The number of hydrogen-bond acceptors (Lipinski definition) is 2. The summed E-state index contributed by atoms with van der Waals surface area (Å²) in [5, 5.41) is 19.5. The summed E-state index contributed by atoms with van der Waals surface area (Å²) in [7, 11) is 0. The average Bonchev–Trinajstić information content (AvgIpc) is 2.45. The van der Waals surface area contributed by atoms with Gasteiger partial charge in [-0.1, -0.05) is 90.9 Å². The Labute approximate surface area is 133 Å². The van der Waals surface area contributed by atoms with Crippen LogP contribution in [0.25, 0.3) is 0 Å². The van der Waals surface area contributed by atoms with Gasteiger partial charge in [0.2, 0.25) is 0 Å². The van der Waals surface area contributed by atoms with Crippen LogP contribution in [0.5, 0.6) is 0 Å². The van der Waals surface area contributed by atoms with Gasteiger partial charge in [0.1, 0.15) is 0 Å². The van der Waals surface area contributed by atoms with Crippen molar-refractivity contribution in [3.63, 3.8) is 0 Å². The van der Waals surface area contributed by atoms with Gasteiger partial charge in [-0.3, -0.25) is 0 Å². The molecule has 0 aromatic rings. The molecule has 0 radical (unpaired) electrons. The molecule has 0 heterocycles. The summed E-state index contributed by atoms with van der Waals surface area (Å²) < 4.78 is 0. The third-order valence-corrected chi connectivity index (χ3v) is 4.31. The van der Waals surface area contributed by atoms with Gasteiger partial charge in [0.15, 0.2) is 0 Å². The van der Waals surface area contributed by atoms with Gasteiger partial charge >= 0.3 is 0 Å². The molecule has 2 heteroatoms. The van der Waals surface area contributed by atoms with Crippen molar-refractivity contribution < 1.29 is 10.2 Å². The molecule has 2 atom stereocenters. The maximum atomic E-state index is 9.83. The van der Waals surface area contributed by atoms with E-state index in [-0.39, 0.29) is 12.2 Å². The predicted molar refractivity (Wildman–Crippen MR) is 92.6 cm³/mol. The van der Waals surface area contributed by atoms with Crippen LogP contribution in [0.1, 0.15) is 110 Å². The summed E-state index contributed by atoms with van der Waals surface area (Å²) in [6.07, 6.45) is 17.4. The molecule has 0 aromatic heterocycles. The molecule has 0 aliphatic heterocycles. The van der Waals surface area contributed by atoms with Crippen molar-refractivity contribution in [3.8, 4) is 0 Å². The van der Waals surface area contributed by atoms with Crippen LogP contribution < -0.4 is 0 Å². The number of aliphatic hydroxyl groups excluding tert-OH is 2. The van der Waals surface area contributed by atoms with Crippen molar-refractivity contribution >= 4 is 0 Å². The van der Waals surface area contributed by atoms with Crippen molar-refractivity contribution in [2.45, 2.75) is 122 Å². The highest BCUT2D eigenvalue weighted by molar-refractivity contribution is 4.63. The molecule has 2 nitrogen and oxygen atoms in total. The third-order valence-electron chi connectivity index (χ3n) is 4.31. The van der Waals surface area contributed by atoms with E-state index in [1.54, 1.807) is 0 Å². The molecule has 128 valence electrons. The van der Waals surface area contributed by atoms with Gasteiger partial charge in [-0.25, -0.2) is 0 Å². The Morgan fingerprint density at radius 2 is 0.952 bits per heavy atom. The molecule has 0 saturated carbocycles. The highest BCUT2D eigenvalue weighted by Gasteiger charge is 2.10. The molecule has 2 N–H and O–H groups in total. The summed E-state index contributed by atoms with van der Waals surface area (Å²) in [5.74, 6) is 0. The zero-order valence-electron chi connectivity index (χ0n) is 14.7. The van der Waals surface area contributed by atoms with Crippen molar-refractivity contribution in [1.29, 1.82) is 0 Å². The Hall–Kier alpha value is -0.0800. The van der Waals surface area contributed by atoms with Crippen molar-refractivity contribution in [1.82, 2.24) is 0 Å². The standard InChI is InChI=1S/C19H40O2/c1-3-5-6-7-8-9-10-11-12-13-14-16-19(21)17-18(20)15-4-2/h18-21H,3-17H2,1-2H3/t18-,19-/m1/s1. The van der Waals surface area contributed by atoms with E-state index in [9.17, 15) is 10.2 Å². The van der Waals surface area contributed by atoms with Gasteiger partial charge in [0.05, 0.1) is 12.2 Å². The Morgan fingerprint density at radius 3 is 1.43 bits per heavy atom. The molecule has 0 rings (SSSR count). The third kappa shape index (κ3) is 16.1. The van der Waals surface area contributed by atoms with Gasteiger partial charge in [0.25, 0.3) is 0 Å². The maximum absolute atomic E-state index is 9.83. The normalized spacial score (nSPS) is 14.3. The van der Waals surface area contributed by atoms with E-state index < -0.39 is 0 Å². The van der Waals surface area contributed by atoms with E-state index in [2.05, 4.69) is 13.8 Å². The van der Waals surface area contributed by atoms with E-state index in [0.29, 0.717) is 6.42 Å². The number of aliphatic hydroxyl groups is 2. The SMILES string of the molecule is CCCCCCCCCCCCC[C@@H](O)C[C@H](O)CCC. The molecule has 0 aliphatic rings. The van der Waals surface area contributed by atoms with E-state index in [1.165, 1.54) is 64.2 Å². The molecular weight excluding hydrogens is 260 g/mol. The van der Waals surface area contributed by atoms with Crippen molar-refractivity contribution in [3.05, 3.63) is 0 Å². The first kappa shape index (κ1) is 20.9.